The largest absolute Gasteiger partial charge is 0.497 e. The lowest BCUT2D eigenvalue weighted by Crippen LogP contribution is -2.40. The maximum atomic E-state index is 13.8. The van der Waals surface area contributed by atoms with Gasteiger partial charge in [0.1, 0.15) is 11.5 Å². The standard InChI is InChI=1S/C28H29ClN2O5S/c1-15(2)35-22-12-9-20(29)13-19(22)14-23-26(32)31-25(18-7-10-21(34-6)11-8-18)24(27(33)36-16(3)4)17(5)30-28(31)37-23/h7-16,25H,1-6H3/b23-14+/t25-/m0/s1. The van der Waals surface area contributed by atoms with Gasteiger partial charge >= 0.3 is 5.97 Å². The number of hydrogen-bond donors (Lipinski definition) is 0. The third kappa shape index (κ3) is 5.65. The molecule has 3 aromatic rings. The van der Waals surface area contributed by atoms with Crippen LogP contribution >= 0.6 is 22.9 Å². The lowest BCUT2D eigenvalue weighted by molar-refractivity contribution is -0.143. The number of nitrogens with zero attached hydrogens (tertiary/aromatic N) is 2. The van der Waals surface area contributed by atoms with Gasteiger partial charge in [-0.1, -0.05) is 35.1 Å². The van der Waals surface area contributed by atoms with E-state index in [2.05, 4.69) is 4.99 Å². The van der Waals surface area contributed by atoms with Crippen LogP contribution in [0.1, 0.15) is 51.8 Å². The van der Waals surface area contributed by atoms with E-state index in [1.807, 2.05) is 26.0 Å². The summed E-state index contributed by atoms with van der Waals surface area (Å²) in [7, 11) is 1.58. The Bertz CT molecular complexity index is 1530. The predicted molar refractivity (Wildman–Crippen MR) is 145 cm³/mol. The topological polar surface area (TPSA) is 79.1 Å². The highest BCUT2D eigenvalue weighted by Gasteiger charge is 2.33. The number of thiazole rings is 1. The first-order valence-electron chi connectivity index (χ1n) is 11.9. The van der Waals surface area contributed by atoms with Gasteiger partial charge < -0.3 is 14.2 Å². The van der Waals surface area contributed by atoms with E-state index in [9.17, 15) is 9.59 Å². The molecular formula is C28H29ClN2O5S. The molecule has 2 aromatic carbocycles. The van der Waals surface area contributed by atoms with Gasteiger partial charge in [-0.05, 0) is 76.6 Å². The van der Waals surface area contributed by atoms with Crippen LogP contribution < -0.4 is 24.4 Å². The number of halogens is 1. The second-order valence-corrected chi connectivity index (χ2v) is 10.6. The quantitative estimate of drug-likeness (QED) is 0.408. The number of allylic oxidation sites excluding steroid dienone is 1. The predicted octanol–water partition coefficient (Wildman–Crippen LogP) is 4.64. The Hall–Kier alpha value is -3.36. The van der Waals surface area contributed by atoms with Crippen molar-refractivity contribution in [3.05, 3.63) is 89.6 Å². The lowest BCUT2D eigenvalue weighted by Gasteiger charge is -2.25. The highest BCUT2D eigenvalue weighted by atomic mass is 35.5. The zero-order valence-corrected chi connectivity index (χ0v) is 23.1. The SMILES string of the molecule is COc1ccc([C@H]2C(C(=O)OC(C)C)=C(C)N=c3s/c(=C/c4cc(Cl)ccc4OC(C)C)c(=O)n32)cc1. The number of ether oxygens (including phenoxy) is 3. The number of benzene rings is 2. The van der Waals surface area contributed by atoms with Crippen LogP contribution in [0.25, 0.3) is 6.08 Å². The fourth-order valence-corrected chi connectivity index (χ4v) is 5.31. The smallest absolute Gasteiger partial charge is 0.338 e. The molecule has 194 valence electrons. The van der Waals surface area contributed by atoms with Crippen LogP contribution in [0.3, 0.4) is 0 Å². The van der Waals surface area contributed by atoms with E-state index in [-0.39, 0.29) is 17.8 Å². The number of carbonyl (C=O) groups excluding carboxylic acids is 1. The molecule has 0 bridgehead atoms. The van der Waals surface area contributed by atoms with Crippen LogP contribution in [-0.4, -0.2) is 29.9 Å². The molecule has 0 aliphatic carbocycles. The molecule has 0 saturated heterocycles. The Labute approximate surface area is 224 Å². The van der Waals surface area contributed by atoms with Crippen molar-refractivity contribution in [1.82, 2.24) is 4.57 Å². The van der Waals surface area contributed by atoms with Crippen LogP contribution in [0.15, 0.2) is 63.5 Å². The molecule has 0 N–H and O–H groups in total. The number of carbonyl (C=O) groups is 1. The zero-order chi connectivity index (χ0) is 26.9. The van der Waals surface area contributed by atoms with Crippen molar-refractivity contribution in [3.8, 4) is 11.5 Å². The summed E-state index contributed by atoms with van der Waals surface area (Å²) in [6.45, 7) is 9.19. The van der Waals surface area contributed by atoms with E-state index < -0.39 is 12.0 Å². The van der Waals surface area contributed by atoms with Crippen molar-refractivity contribution in [3.63, 3.8) is 0 Å². The first kappa shape index (κ1) is 26.7. The molecule has 2 heterocycles. The molecule has 0 amide bonds. The average Bonchev–Trinajstić information content (AvgIpc) is 3.13. The minimum Gasteiger partial charge on any atom is -0.497 e. The summed E-state index contributed by atoms with van der Waals surface area (Å²) < 4.78 is 18.8. The Morgan fingerprint density at radius 2 is 1.81 bits per heavy atom. The second-order valence-electron chi connectivity index (χ2n) is 9.16. The molecule has 0 unspecified atom stereocenters. The van der Waals surface area contributed by atoms with Crippen molar-refractivity contribution in [2.24, 2.45) is 4.99 Å². The molecule has 1 atom stereocenters. The van der Waals surface area contributed by atoms with Gasteiger partial charge in [-0.25, -0.2) is 9.79 Å². The Morgan fingerprint density at radius 3 is 2.43 bits per heavy atom. The van der Waals surface area contributed by atoms with Gasteiger partial charge in [0.2, 0.25) is 0 Å². The van der Waals surface area contributed by atoms with Gasteiger partial charge in [0, 0.05) is 10.6 Å². The molecule has 0 spiro atoms. The van der Waals surface area contributed by atoms with E-state index in [0.717, 1.165) is 5.56 Å². The summed E-state index contributed by atoms with van der Waals surface area (Å²) in [6.07, 6.45) is 1.38. The number of hydrogen-bond acceptors (Lipinski definition) is 7. The van der Waals surface area contributed by atoms with Crippen LogP contribution in [0.4, 0.5) is 0 Å². The van der Waals surface area contributed by atoms with Crippen molar-refractivity contribution in [2.75, 3.05) is 7.11 Å². The third-order valence-corrected chi connectivity index (χ3v) is 6.86. The Morgan fingerprint density at radius 1 is 1.11 bits per heavy atom. The number of fused-ring (bicyclic) bond motifs is 1. The molecule has 0 radical (unpaired) electrons. The molecule has 0 saturated carbocycles. The maximum absolute atomic E-state index is 13.8. The normalized spacial score (nSPS) is 15.6. The van der Waals surface area contributed by atoms with E-state index in [1.165, 1.54) is 11.3 Å². The van der Waals surface area contributed by atoms with Crippen molar-refractivity contribution in [2.45, 2.75) is 52.9 Å². The summed E-state index contributed by atoms with van der Waals surface area (Å²) >= 11 is 7.51. The number of esters is 1. The maximum Gasteiger partial charge on any atom is 0.338 e. The van der Waals surface area contributed by atoms with Gasteiger partial charge in [-0.15, -0.1) is 0 Å². The monoisotopic (exact) mass is 540 g/mol. The number of aromatic nitrogens is 1. The molecule has 37 heavy (non-hydrogen) atoms. The summed E-state index contributed by atoms with van der Waals surface area (Å²) in [6, 6.07) is 11.9. The molecule has 4 rings (SSSR count). The fourth-order valence-electron chi connectivity index (χ4n) is 4.10. The number of methoxy groups -OCH3 is 1. The fraction of sp³-hybridized carbons (Fsp3) is 0.321. The van der Waals surface area contributed by atoms with Crippen LogP contribution in [0.5, 0.6) is 11.5 Å². The zero-order valence-electron chi connectivity index (χ0n) is 21.6. The van der Waals surface area contributed by atoms with E-state index in [1.54, 1.807) is 68.9 Å². The van der Waals surface area contributed by atoms with Gasteiger partial charge in [-0.3, -0.25) is 9.36 Å². The van der Waals surface area contributed by atoms with Gasteiger partial charge in [-0.2, -0.15) is 0 Å². The van der Waals surface area contributed by atoms with Gasteiger partial charge in [0.15, 0.2) is 4.80 Å². The van der Waals surface area contributed by atoms with Crippen molar-refractivity contribution in [1.29, 1.82) is 0 Å². The molecule has 1 aromatic heterocycles. The van der Waals surface area contributed by atoms with E-state index in [4.69, 9.17) is 25.8 Å². The Kier molecular flexibility index (Phi) is 7.90. The molecule has 7 nitrogen and oxygen atoms in total. The van der Waals surface area contributed by atoms with E-state index >= 15 is 0 Å². The summed E-state index contributed by atoms with van der Waals surface area (Å²) in [5, 5.41) is 0.529. The molecule has 0 fully saturated rings. The number of rotatable bonds is 7. The molecule has 1 aliphatic rings. The van der Waals surface area contributed by atoms with E-state index in [0.29, 0.717) is 42.7 Å². The van der Waals surface area contributed by atoms with Crippen LogP contribution in [0, 0.1) is 0 Å². The first-order valence-corrected chi connectivity index (χ1v) is 13.1. The van der Waals surface area contributed by atoms with Crippen LogP contribution in [-0.2, 0) is 9.53 Å². The summed E-state index contributed by atoms with van der Waals surface area (Å²) in [4.78, 5) is 32.2. The van der Waals surface area contributed by atoms with Crippen LogP contribution in [0.2, 0.25) is 5.02 Å². The average molecular weight is 541 g/mol. The minimum atomic E-state index is -0.707. The molecule has 9 heteroatoms. The summed E-state index contributed by atoms with van der Waals surface area (Å²) in [5.41, 5.74) is 1.98. The van der Waals surface area contributed by atoms with Gasteiger partial charge in [0.05, 0.1) is 41.2 Å². The highest BCUT2D eigenvalue weighted by molar-refractivity contribution is 7.07. The first-order chi connectivity index (χ1) is 17.6. The Balaban J connectivity index is 1.94. The summed E-state index contributed by atoms with van der Waals surface area (Å²) in [5.74, 6) is 0.782. The molecular weight excluding hydrogens is 512 g/mol. The third-order valence-electron chi connectivity index (χ3n) is 5.64. The lowest BCUT2D eigenvalue weighted by atomic mass is 9.96. The second kappa shape index (κ2) is 10.9. The van der Waals surface area contributed by atoms with Crippen molar-refractivity contribution < 1.29 is 19.0 Å². The van der Waals surface area contributed by atoms with Crippen molar-refractivity contribution >= 4 is 35.0 Å². The minimum absolute atomic E-state index is 0.0539. The highest BCUT2D eigenvalue weighted by Crippen LogP contribution is 2.32. The molecule has 1 aliphatic heterocycles. The van der Waals surface area contributed by atoms with Gasteiger partial charge in [0.25, 0.3) is 5.56 Å².